The standard InChI is InChI=1S/C19H21N3O2/c23-18(14-15-4-2-1-3-5-15)22-12-8-17(9-13-22)21-19(24)16-6-10-20-11-7-16/h1-7,10-11,17H,8-9,12-14H2,(H,21,24). The van der Waals surface area contributed by atoms with E-state index in [1.165, 1.54) is 0 Å². The molecule has 0 atom stereocenters. The largest absolute Gasteiger partial charge is 0.349 e. The van der Waals surface area contributed by atoms with Crippen LogP contribution in [-0.4, -0.2) is 40.8 Å². The zero-order valence-electron chi connectivity index (χ0n) is 13.5. The van der Waals surface area contributed by atoms with E-state index < -0.39 is 0 Å². The van der Waals surface area contributed by atoms with E-state index in [-0.39, 0.29) is 17.9 Å². The minimum Gasteiger partial charge on any atom is -0.349 e. The van der Waals surface area contributed by atoms with Crippen molar-refractivity contribution in [2.45, 2.75) is 25.3 Å². The fourth-order valence-corrected chi connectivity index (χ4v) is 2.93. The summed E-state index contributed by atoms with van der Waals surface area (Å²) >= 11 is 0. The number of pyridine rings is 1. The predicted octanol–water partition coefficient (Wildman–Crippen LogP) is 2.05. The van der Waals surface area contributed by atoms with Gasteiger partial charge in [0.2, 0.25) is 5.91 Å². The highest BCUT2D eigenvalue weighted by molar-refractivity contribution is 5.94. The molecule has 2 aromatic rings. The van der Waals surface area contributed by atoms with E-state index in [2.05, 4.69) is 10.3 Å². The normalized spacial score (nSPS) is 15.1. The van der Waals surface area contributed by atoms with E-state index in [1.54, 1.807) is 24.5 Å². The molecular weight excluding hydrogens is 302 g/mol. The van der Waals surface area contributed by atoms with Gasteiger partial charge in [0, 0.05) is 37.1 Å². The molecule has 0 unspecified atom stereocenters. The van der Waals surface area contributed by atoms with Crippen LogP contribution in [0.1, 0.15) is 28.8 Å². The molecule has 2 heterocycles. The zero-order valence-corrected chi connectivity index (χ0v) is 13.5. The van der Waals surface area contributed by atoms with Crippen molar-refractivity contribution >= 4 is 11.8 Å². The molecule has 0 radical (unpaired) electrons. The van der Waals surface area contributed by atoms with Crippen molar-refractivity contribution in [1.29, 1.82) is 0 Å². The van der Waals surface area contributed by atoms with Crippen LogP contribution in [0.5, 0.6) is 0 Å². The van der Waals surface area contributed by atoms with Gasteiger partial charge < -0.3 is 10.2 Å². The molecule has 124 valence electrons. The predicted molar refractivity (Wildman–Crippen MR) is 91.5 cm³/mol. The Kier molecular flexibility index (Phi) is 5.21. The lowest BCUT2D eigenvalue weighted by Crippen LogP contribution is -2.47. The summed E-state index contributed by atoms with van der Waals surface area (Å²) in [5.74, 6) is 0.0755. The number of amides is 2. The Morgan fingerprint density at radius 2 is 1.71 bits per heavy atom. The summed E-state index contributed by atoms with van der Waals surface area (Å²) < 4.78 is 0. The van der Waals surface area contributed by atoms with Crippen LogP contribution < -0.4 is 5.32 Å². The minimum absolute atomic E-state index is 0.0773. The molecule has 3 rings (SSSR count). The number of aromatic nitrogens is 1. The average Bonchev–Trinajstić information content (AvgIpc) is 2.64. The lowest BCUT2D eigenvalue weighted by Gasteiger charge is -2.32. The van der Waals surface area contributed by atoms with E-state index in [9.17, 15) is 9.59 Å². The van der Waals surface area contributed by atoms with Crippen LogP contribution in [0.2, 0.25) is 0 Å². The molecule has 1 aromatic heterocycles. The Morgan fingerprint density at radius 3 is 2.38 bits per heavy atom. The summed E-state index contributed by atoms with van der Waals surface area (Å²) in [6.07, 6.45) is 5.24. The van der Waals surface area contributed by atoms with Crippen LogP contribution in [0, 0.1) is 0 Å². The van der Waals surface area contributed by atoms with Gasteiger partial charge in [0.1, 0.15) is 0 Å². The molecular formula is C19H21N3O2. The number of hydrogen-bond donors (Lipinski definition) is 1. The van der Waals surface area contributed by atoms with Crippen LogP contribution in [0.25, 0.3) is 0 Å². The molecule has 5 nitrogen and oxygen atoms in total. The van der Waals surface area contributed by atoms with Gasteiger partial charge in [-0.1, -0.05) is 30.3 Å². The highest BCUT2D eigenvalue weighted by Gasteiger charge is 2.24. The van der Waals surface area contributed by atoms with E-state index in [0.717, 1.165) is 18.4 Å². The number of nitrogens with zero attached hydrogens (tertiary/aromatic N) is 2. The average molecular weight is 323 g/mol. The minimum atomic E-state index is -0.0773. The molecule has 1 N–H and O–H groups in total. The third kappa shape index (κ3) is 4.19. The van der Waals surface area contributed by atoms with Gasteiger partial charge >= 0.3 is 0 Å². The van der Waals surface area contributed by atoms with E-state index >= 15 is 0 Å². The number of piperidine rings is 1. The Bertz CT molecular complexity index is 680. The molecule has 5 heteroatoms. The number of rotatable bonds is 4. The second-order valence-corrected chi connectivity index (χ2v) is 6.03. The third-order valence-corrected chi connectivity index (χ3v) is 4.32. The number of hydrogen-bond acceptors (Lipinski definition) is 3. The van der Waals surface area contributed by atoms with Gasteiger partial charge in [-0.15, -0.1) is 0 Å². The number of benzene rings is 1. The van der Waals surface area contributed by atoms with Crippen LogP contribution in [-0.2, 0) is 11.2 Å². The summed E-state index contributed by atoms with van der Waals surface area (Å²) in [6.45, 7) is 1.37. The lowest BCUT2D eigenvalue weighted by atomic mass is 10.0. The SMILES string of the molecule is O=C(NC1CCN(C(=O)Cc2ccccc2)CC1)c1ccncc1. The molecule has 0 spiro atoms. The van der Waals surface area contributed by atoms with Crippen LogP contribution in [0.4, 0.5) is 0 Å². The fraction of sp³-hybridized carbons (Fsp3) is 0.316. The molecule has 2 amide bonds. The Morgan fingerprint density at radius 1 is 1.04 bits per heavy atom. The second-order valence-electron chi connectivity index (χ2n) is 6.03. The smallest absolute Gasteiger partial charge is 0.251 e. The molecule has 0 aliphatic carbocycles. The van der Waals surface area contributed by atoms with Crippen LogP contribution >= 0.6 is 0 Å². The van der Waals surface area contributed by atoms with Crippen molar-refractivity contribution in [3.63, 3.8) is 0 Å². The molecule has 0 bridgehead atoms. The molecule has 24 heavy (non-hydrogen) atoms. The van der Waals surface area contributed by atoms with Gasteiger partial charge in [-0.05, 0) is 30.5 Å². The topological polar surface area (TPSA) is 62.3 Å². The van der Waals surface area contributed by atoms with Gasteiger partial charge in [-0.2, -0.15) is 0 Å². The monoisotopic (exact) mass is 323 g/mol. The highest BCUT2D eigenvalue weighted by atomic mass is 16.2. The van der Waals surface area contributed by atoms with E-state index in [4.69, 9.17) is 0 Å². The first-order valence-electron chi connectivity index (χ1n) is 8.25. The van der Waals surface area contributed by atoms with Crippen LogP contribution in [0.15, 0.2) is 54.9 Å². The maximum absolute atomic E-state index is 12.3. The van der Waals surface area contributed by atoms with Crippen molar-refractivity contribution < 1.29 is 9.59 Å². The van der Waals surface area contributed by atoms with Crippen molar-refractivity contribution in [1.82, 2.24) is 15.2 Å². The molecule has 1 aliphatic rings. The Labute approximate surface area is 141 Å². The van der Waals surface area contributed by atoms with Crippen molar-refractivity contribution in [2.24, 2.45) is 0 Å². The first-order valence-corrected chi connectivity index (χ1v) is 8.25. The van der Waals surface area contributed by atoms with Crippen molar-refractivity contribution in [3.8, 4) is 0 Å². The van der Waals surface area contributed by atoms with E-state index in [1.807, 2.05) is 35.2 Å². The van der Waals surface area contributed by atoms with E-state index in [0.29, 0.717) is 25.1 Å². The van der Waals surface area contributed by atoms with Gasteiger partial charge in [0.05, 0.1) is 6.42 Å². The van der Waals surface area contributed by atoms with Crippen molar-refractivity contribution in [3.05, 3.63) is 66.0 Å². The molecule has 0 saturated carbocycles. The van der Waals surface area contributed by atoms with Crippen LogP contribution in [0.3, 0.4) is 0 Å². The summed E-state index contributed by atoms with van der Waals surface area (Å²) in [6, 6.07) is 13.3. The summed E-state index contributed by atoms with van der Waals surface area (Å²) in [7, 11) is 0. The Hall–Kier alpha value is -2.69. The van der Waals surface area contributed by atoms with Gasteiger partial charge in [-0.3, -0.25) is 14.6 Å². The van der Waals surface area contributed by atoms with Crippen molar-refractivity contribution in [2.75, 3.05) is 13.1 Å². The lowest BCUT2D eigenvalue weighted by molar-refractivity contribution is -0.131. The quantitative estimate of drug-likeness (QED) is 0.936. The number of nitrogens with one attached hydrogen (secondary N) is 1. The molecule has 1 saturated heterocycles. The van der Waals surface area contributed by atoms with Gasteiger partial charge in [-0.25, -0.2) is 0 Å². The zero-order chi connectivity index (χ0) is 16.8. The fourth-order valence-electron chi connectivity index (χ4n) is 2.93. The first-order chi connectivity index (χ1) is 11.7. The number of carbonyl (C=O) groups is 2. The first kappa shape index (κ1) is 16.2. The maximum Gasteiger partial charge on any atom is 0.251 e. The number of carbonyl (C=O) groups excluding carboxylic acids is 2. The molecule has 1 aromatic carbocycles. The maximum atomic E-state index is 12.3. The number of likely N-dealkylation sites (tertiary alicyclic amines) is 1. The van der Waals surface area contributed by atoms with Gasteiger partial charge in [0.15, 0.2) is 0 Å². The summed E-state index contributed by atoms with van der Waals surface area (Å²) in [5.41, 5.74) is 1.66. The summed E-state index contributed by atoms with van der Waals surface area (Å²) in [4.78, 5) is 30.3. The molecule has 1 fully saturated rings. The summed E-state index contributed by atoms with van der Waals surface area (Å²) in [5, 5.41) is 3.04. The third-order valence-electron chi connectivity index (χ3n) is 4.32. The second kappa shape index (κ2) is 7.73. The Balaban J connectivity index is 1.47. The molecule has 1 aliphatic heterocycles. The van der Waals surface area contributed by atoms with Gasteiger partial charge in [0.25, 0.3) is 5.91 Å². The highest BCUT2D eigenvalue weighted by Crippen LogP contribution is 2.13.